The number of sulfonamides is 1. The molecule has 0 aromatic heterocycles. The van der Waals surface area contributed by atoms with Gasteiger partial charge in [-0.2, -0.15) is 13.2 Å². The number of hydrogen-bond donors (Lipinski definition) is 3. The number of hydrazine groups is 1. The lowest BCUT2D eigenvalue weighted by molar-refractivity contribution is -0.140. The number of carbonyl (C=O) groups excluding carboxylic acids is 1. The van der Waals surface area contributed by atoms with E-state index in [1.807, 2.05) is 0 Å². The lowest BCUT2D eigenvalue weighted by Gasteiger charge is -2.17. The van der Waals surface area contributed by atoms with Crippen LogP contribution in [-0.2, 0) is 16.2 Å². The van der Waals surface area contributed by atoms with E-state index in [1.54, 1.807) is 18.2 Å². The second-order valence-electron chi connectivity index (χ2n) is 5.56. The summed E-state index contributed by atoms with van der Waals surface area (Å²) in [5, 5.41) is 5.50. The van der Waals surface area contributed by atoms with E-state index in [4.69, 9.17) is 16.4 Å². The Morgan fingerprint density at radius 1 is 1.17 bits per heavy atom. The topological polar surface area (TPSA) is 140 Å². The summed E-state index contributed by atoms with van der Waals surface area (Å²) in [5.74, 6) is 3.51. The van der Waals surface area contributed by atoms with Crippen LogP contribution in [0.5, 0.6) is 5.75 Å². The van der Waals surface area contributed by atoms with E-state index in [0.29, 0.717) is 12.1 Å². The minimum Gasteiger partial charge on any atom is -0.367 e. The highest BCUT2D eigenvalue weighted by Crippen LogP contribution is 2.37. The minimum absolute atomic E-state index is 0.160. The summed E-state index contributed by atoms with van der Waals surface area (Å²) in [7, 11) is -3.68. The predicted octanol–water partition coefficient (Wildman–Crippen LogP) is 1.24. The number of hydrogen-bond acceptors (Lipinski definition) is 6. The maximum absolute atomic E-state index is 13.3. The van der Waals surface area contributed by atoms with Gasteiger partial charge in [-0.3, -0.25) is 16.0 Å². The fraction of sp³-hybridized carbons (Fsp3) is 0.125. The Labute approximate surface area is 163 Å². The maximum atomic E-state index is 13.3. The summed E-state index contributed by atoms with van der Waals surface area (Å²) < 4.78 is 64.0. The molecule has 29 heavy (non-hydrogen) atoms. The highest BCUT2D eigenvalue weighted by atomic mass is 32.2. The van der Waals surface area contributed by atoms with Crippen molar-refractivity contribution in [2.24, 2.45) is 16.7 Å². The normalized spacial score (nSPS) is 12.7. The molecule has 0 unspecified atom stereocenters. The summed E-state index contributed by atoms with van der Waals surface area (Å²) in [6.45, 7) is 0. The Bertz CT molecular complexity index is 1020. The molecular formula is C16H16F3N5O4S. The van der Waals surface area contributed by atoms with E-state index in [0.717, 1.165) is 13.1 Å². The summed E-state index contributed by atoms with van der Waals surface area (Å²) >= 11 is 0. The van der Waals surface area contributed by atoms with Crippen LogP contribution in [0.4, 0.5) is 13.2 Å². The number of oxime groups is 1. The molecule has 5 N–H and O–H groups in total. The number of guanidine groups is 1. The van der Waals surface area contributed by atoms with Crippen molar-refractivity contribution in [2.45, 2.75) is 11.1 Å². The first-order valence-corrected chi connectivity index (χ1v) is 9.18. The molecule has 0 heterocycles. The van der Waals surface area contributed by atoms with E-state index in [2.05, 4.69) is 10.5 Å². The smallest absolute Gasteiger partial charge is 0.367 e. The molecule has 156 valence electrons. The van der Waals surface area contributed by atoms with Crippen molar-refractivity contribution in [3.8, 4) is 5.75 Å². The van der Waals surface area contributed by atoms with Crippen molar-refractivity contribution in [2.75, 3.05) is 7.05 Å². The first-order chi connectivity index (χ1) is 13.4. The van der Waals surface area contributed by atoms with Gasteiger partial charge in [0.05, 0.1) is 10.5 Å². The standard InChI is InChI=1S/C16H16F3N5O4S/c1-24(21)29(26,27)13-8-7-11(9-12(13)16(17,18)19)28-23-15(20)22-14(25)10-5-3-2-4-6-10/h2-9H,21H2,1H3,(H3,20,22,23,25). The molecule has 2 aromatic carbocycles. The molecule has 0 bridgehead atoms. The minimum atomic E-state index is -5.02. The second kappa shape index (κ2) is 8.46. The number of carbonyl (C=O) groups is 1. The van der Waals surface area contributed by atoms with Crippen molar-refractivity contribution in [3.63, 3.8) is 0 Å². The number of rotatable bonds is 5. The van der Waals surface area contributed by atoms with Crippen LogP contribution in [0.15, 0.2) is 58.6 Å². The van der Waals surface area contributed by atoms with Gasteiger partial charge in [0, 0.05) is 12.6 Å². The van der Waals surface area contributed by atoms with Gasteiger partial charge in [0.15, 0.2) is 5.75 Å². The molecule has 1 amide bonds. The SMILES string of the molecule is CN(N)S(=O)(=O)c1ccc(ON=C(N)NC(=O)c2ccccc2)cc1C(F)(F)F. The maximum Gasteiger partial charge on any atom is 0.417 e. The van der Waals surface area contributed by atoms with Gasteiger partial charge in [-0.05, 0) is 35.5 Å². The average molecular weight is 431 g/mol. The van der Waals surface area contributed by atoms with Gasteiger partial charge >= 0.3 is 6.18 Å². The Morgan fingerprint density at radius 2 is 1.79 bits per heavy atom. The molecule has 0 spiro atoms. The lowest BCUT2D eigenvalue weighted by Crippen LogP contribution is -2.37. The van der Waals surface area contributed by atoms with Gasteiger partial charge in [-0.15, -0.1) is 4.41 Å². The van der Waals surface area contributed by atoms with Gasteiger partial charge in [-0.1, -0.05) is 18.2 Å². The second-order valence-corrected chi connectivity index (χ2v) is 7.53. The molecule has 0 saturated heterocycles. The zero-order valence-corrected chi connectivity index (χ0v) is 15.7. The summed E-state index contributed by atoms with van der Waals surface area (Å²) in [6, 6.07) is 9.97. The summed E-state index contributed by atoms with van der Waals surface area (Å²) in [4.78, 5) is 15.6. The van der Waals surface area contributed by atoms with Crippen LogP contribution in [0.2, 0.25) is 0 Å². The summed E-state index contributed by atoms with van der Waals surface area (Å²) in [6.07, 6.45) is -5.02. The molecule has 0 radical (unpaired) electrons. The fourth-order valence-corrected chi connectivity index (χ4v) is 3.07. The van der Waals surface area contributed by atoms with E-state index in [-0.39, 0.29) is 9.98 Å². The molecular weight excluding hydrogens is 415 g/mol. The molecule has 0 atom stereocenters. The molecule has 0 aliphatic heterocycles. The number of halogens is 3. The Balaban J connectivity index is 2.25. The number of nitrogens with two attached hydrogens (primary N) is 2. The quantitative estimate of drug-likeness (QED) is 0.282. The number of benzene rings is 2. The van der Waals surface area contributed by atoms with E-state index in [9.17, 15) is 26.4 Å². The highest BCUT2D eigenvalue weighted by Gasteiger charge is 2.38. The zero-order valence-electron chi connectivity index (χ0n) is 14.8. The third kappa shape index (κ3) is 5.43. The molecule has 0 aliphatic rings. The Hall–Kier alpha value is -3.16. The monoisotopic (exact) mass is 431 g/mol. The van der Waals surface area contributed by atoms with E-state index >= 15 is 0 Å². The number of amides is 1. The largest absolute Gasteiger partial charge is 0.417 e. The van der Waals surface area contributed by atoms with Crippen LogP contribution in [0.1, 0.15) is 15.9 Å². The fourth-order valence-electron chi connectivity index (χ4n) is 2.07. The van der Waals surface area contributed by atoms with Crippen LogP contribution in [0.25, 0.3) is 0 Å². The van der Waals surface area contributed by atoms with Gasteiger partial charge in [0.2, 0.25) is 5.96 Å². The predicted molar refractivity (Wildman–Crippen MR) is 96.7 cm³/mol. The van der Waals surface area contributed by atoms with Crippen LogP contribution in [-0.4, -0.2) is 31.7 Å². The third-order valence-corrected chi connectivity index (χ3v) is 5.11. The molecule has 0 aliphatic carbocycles. The number of nitrogens with zero attached hydrogens (tertiary/aromatic N) is 2. The van der Waals surface area contributed by atoms with Gasteiger partial charge in [-0.25, -0.2) is 8.42 Å². The summed E-state index contributed by atoms with van der Waals surface area (Å²) in [5.41, 5.74) is 4.24. The molecule has 0 saturated carbocycles. The van der Waals surface area contributed by atoms with Crippen molar-refractivity contribution in [1.29, 1.82) is 0 Å². The highest BCUT2D eigenvalue weighted by molar-refractivity contribution is 7.89. The van der Waals surface area contributed by atoms with Crippen molar-refractivity contribution in [3.05, 3.63) is 59.7 Å². The van der Waals surface area contributed by atoms with E-state index in [1.165, 1.54) is 12.1 Å². The molecule has 9 nitrogen and oxygen atoms in total. The van der Waals surface area contributed by atoms with Crippen LogP contribution >= 0.6 is 0 Å². The average Bonchev–Trinajstić information content (AvgIpc) is 2.66. The van der Waals surface area contributed by atoms with Gasteiger partial charge in [0.1, 0.15) is 0 Å². The number of nitrogens with one attached hydrogen (secondary N) is 1. The molecule has 2 rings (SSSR count). The molecule has 2 aromatic rings. The number of alkyl halides is 3. The van der Waals surface area contributed by atoms with Crippen LogP contribution < -0.4 is 21.7 Å². The van der Waals surface area contributed by atoms with Gasteiger partial charge in [0.25, 0.3) is 15.9 Å². The zero-order chi connectivity index (χ0) is 21.8. The van der Waals surface area contributed by atoms with E-state index < -0.39 is 44.3 Å². The van der Waals surface area contributed by atoms with Crippen molar-refractivity contribution in [1.82, 2.24) is 9.73 Å². The first-order valence-electron chi connectivity index (χ1n) is 7.74. The van der Waals surface area contributed by atoms with Crippen LogP contribution in [0, 0.1) is 0 Å². The van der Waals surface area contributed by atoms with Gasteiger partial charge < -0.3 is 10.6 Å². The first kappa shape index (κ1) is 22.1. The van der Waals surface area contributed by atoms with Crippen molar-refractivity contribution >= 4 is 21.9 Å². The Kier molecular flexibility index (Phi) is 6.46. The third-order valence-electron chi connectivity index (χ3n) is 3.44. The lowest BCUT2D eigenvalue weighted by atomic mass is 10.2. The van der Waals surface area contributed by atoms with Crippen molar-refractivity contribution < 1.29 is 31.2 Å². The molecule has 13 heteroatoms. The van der Waals surface area contributed by atoms with Crippen LogP contribution in [0.3, 0.4) is 0 Å². The molecule has 0 fully saturated rings. The Morgan fingerprint density at radius 3 is 2.34 bits per heavy atom.